The molecular weight excluding hydrogens is 296 g/mol. The third-order valence-electron chi connectivity index (χ3n) is 4.54. The van der Waals surface area contributed by atoms with Crippen LogP contribution in [0.5, 0.6) is 0 Å². The highest BCUT2D eigenvalue weighted by atomic mass is 16.8. The van der Waals surface area contributed by atoms with E-state index in [0.29, 0.717) is 0 Å². The van der Waals surface area contributed by atoms with Crippen molar-refractivity contribution in [3.63, 3.8) is 0 Å². The third kappa shape index (κ3) is 1.63. The molecule has 4 saturated heterocycles. The summed E-state index contributed by atoms with van der Waals surface area (Å²) >= 11 is 0. The molecule has 0 aliphatic carbocycles. The topological polar surface area (TPSA) is 84.0 Å². The van der Waals surface area contributed by atoms with E-state index in [0.717, 1.165) is 0 Å². The minimum Gasteiger partial charge on any atom is -0.319 e. The first-order chi connectivity index (χ1) is 10.4. The zero-order chi connectivity index (χ0) is 15.8. The quantitative estimate of drug-likeness (QED) is 0.572. The summed E-state index contributed by atoms with van der Waals surface area (Å²) in [6.07, 6.45) is -3.88. The van der Waals surface area contributed by atoms with Gasteiger partial charge in [-0.3, -0.25) is 19.6 Å². The first-order valence-electron chi connectivity index (χ1n) is 7.01. The Morgan fingerprint density at radius 3 is 1.05 bits per heavy atom. The lowest BCUT2D eigenvalue weighted by Crippen LogP contribution is -2.62. The van der Waals surface area contributed by atoms with Gasteiger partial charge in [-0.25, -0.2) is 9.59 Å². The maximum absolute atomic E-state index is 12.0. The third-order valence-corrected chi connectivity index (χ3v) is 4.54. The number of nitrogens with zero attached hydrogens (tertiary/aromatic N) is 4. The molecule has 122 valence electrons. The van der Waals surface area contributed by atoms with Crippen LogP contribution in [0.15, 0.2) is 0 Å². The van der Waals surface area contributed by atoms with Crippen LogP contribution in [0.2, 0.25) is 0 Å². The van der Waals surface area contributed by atoms with Crippen LogP contribution in [-0.4, -0.2) is 97.3 Å². The van der Waals surface area contributed by atoms with Crippen molar-refractivity contribution in [1.29, 1.82) is 0 Å². The van der Waals surface area contributed by atoms with E-state index in [1.54, 1.807) is 28.2 Å². The number of carbonyl (C=O) groups is 2. The lowest BCUT2D eigenvalue weighted by atomic mass is 10.3. The van der Waals surface area contributed by atoms with Crippen LogP contribution in [0.4, 0.5) is 9.59 Å². The molecule has 4 aliphatic heterocycles. The highest BCUT2D eigenvalue weighted by Gasteiger charge is 2.58. The summed E-state index contributed by atoms with van der Waals surface area (Å²) < 4.78 is 23.3. The Morgan fingerprint density at radius 2 is 0.818 bits per heavy atom. The van der Waals surface area contributed by atoms with Crippen molar-refractivity contribution in [3.8, 4) is 0 Å². The molecule has 0 aromatic carbocycles. The number of likely N-dealkylation sites (N-methyl/N-ethyl adjacent to an activating group) is 4. The lowest BCUT2D eigenvalue weighted by molar-refractivity contribution is -0.438. The predicted molar refractivity (Wildman–Crippen MR) is 68.9 cm³/mol. The van der Waals surface area contributed by atoms with Crippen LogP contribution in [0.1, 0.15) is 0 Å². The molecule has 4 fully saturated rings. The predicted octanol–water partition coefficient (Wildman–Crippen LogP) is -0.969. The Morgan fingerprint density at radius 1 is 0.591 bits per heavy atom. The second-order valence-corrected chi connectivity index (χ2v) is 5.85. The Balaban J connectivity index is 1.57. The van der Waals surface area contributed by atoms with E-state index in [1.165, 1.54) is 19.6 Å². The minimum atomic E-state index is -0.800. The molecule has 4 amide bonds. The average Bonchev–Trinajstić information content (AvgIpc) is 2.85. The molecule has 0 aromatic rings. The van der Waals surface area contributed by atoms with Crippen molar-refractivity contribution in [1.82, 2.24) is 19.6 Å². The average molecular weight is 314 g/mol. The highest BCUT2D eigenvalue weighted by molar-refractivity contribution is 5.77. The molecule has 22 heavy (non-hydrogen) atoms. The molecule has 0 spiro atoms. The zero-order valence-electron chi connectivity index (χ0n) is 12.7. The number of rotatable bonds is 0. The largest absolute Gasteiger partial charge is 0.323 e. The number of carbonyl (C=O) groups excluding carboxylic acids is 2. The molecular formula is C12H18N4O6. The SMILES string of the molecule is CN1C(=O)N(C)[C@@H]2OC3O[C@@H]4[C@@H](OC3O[C@H]21)N(C)C(=O)N4C. The number of ether oxygens (including phenoxy) is 4. The molecule has 10 nitrogen and oxygen atoms in total. The molecule has 10 heteroatoms. The summed E-state index contributed by atoms with van der Waals surface area (Å²) in [5.74, 6) is 0. The molecule has 0 unspecified atom stereocenters. The number of fused-ring (bicyclic) bond motifs is 3. The van der Waals surface area contributed by atoms with Gasteiger partial charge >= 0.3 is 12.1 Å². The van der Waals surface area contributed by atoms with Crippen molar-refractivity contribution in [2.24, 2.45) is 0 Å². The van der Waals surface area contributed by atoms with E-state index in [4.69, 9.17) is 18.9 Å². The summed E-state index contributed by atoms with van der Waals surface area (Å²) in [7, 11) is 6.55. The molecule has 4 aliphatic rings. The molecule has 4 heterocycles. The van der Waals surface area contributed by atoms with Gasteiger partial charge in [0.05, 0.1) is 0 Å². The van der Waals surface area contributed by atoms with Crippen LogP contribution in [-0.2, 0) is 18.9 Å². The van der Waals surface area contributed by atoms with E-state index < -0.39 is 37.5 Å². The van der Waals surface area contributed by atoms with Crippen molar-refractivity contribution in [2.45, 2.75) is 37.5 Å². The van der Waals surface area contributed by atoms with Gasteiger partial charge in [0.15, 0.2) is 24.9 Å². The van der Waals surface area contributed by atoms with Crippen LogP contribution >= 0.6 is 0 Å². The normalized spacial score (nSPS) is 44.4. The molecule has 4 atom stereocenters. The first-order valence-corrected chi connectivity index (χ1v) is 7.01. The van der Waals surface area contributed by atoms with Gasteiger partial charge in [-0.15, -0.1) is 0 Å². The van der Waals surface area contributed by atoms with E-state index in [-0.39, 0.29) is 12.1 Å². The van der Waals surface area contributed by atoms with Gasteiger partial charge in [0.25, 0.3) is 0 Å². The number of hydrogen-bond donors (Lipinski definition) is 0. The van der Waals surface area contributed by atoms with Gasteiger partial charge in [-0.1, -0.05) is 0 Å². The molecule has 4 rings (SSSR count). The van der Waals surface area contributed by atoms with E-state index >= 15 is 0 Å². The Kier molecular flexibility index (Phi) is 2.83. The van der Waals surface area contributed by atoms with Gasteiger partial charge in [0, 0.05) is 28.2 Å². The summed E-state index contributed by atoms with van der Waals surface area (Å²) in [5.41, 5.74) is 0. The second-order valence-electron chi connectivity index (χ2n) is 5.85. The number of urea groups is 2. The monoisotopic (exact) mass is 314 g/mol. The molecule has 0 saturated carbocycles. The van der Waals surface area contributed by atoms with Crippen molar-refractivity contribution in [2.75, 3.05) is 28.2 Å². The molecule has 0 radical (unpaired) electrons. The molecule has 0 aromatic heterocycles. The standard InChI is InChI=1S/C12H18N4O6/c1-13-5-6(14(2)11(13)17)20-10-9(19-5)21-7-8(22-10)16(4)12(18)15(7)3/h5-10H,1-4H3/t5-,6-,7-,8-,9?,10?/m1/s1. The maximum Gasteiger partial charge on any atom is 0.323 e. The van der Waals surface area contributed by atoms with Gasteiger partial charge in [-0.2, -0.15) is 0 Å². The molecule has 0 N–H and O–H groups in total. The fourth-order valence-corrected chi connectivity index (χ4v) is 3.20. The summed E-state index contributed by atoms with van der Waals surface area (Å²) in [5, 5.41) is 0. The smallest absolute Gasteiger partial charge is 0.319 e. The summed E-state index contributed by atoms with van der Waals surface area (Å²) in [6, 6.07) is -0.392. The Hall–Kier alpha value is -1.62. The Bertz CT molecular complexity index is 446. The lowest BCUT2D eigenvalue weighted by Gasteiger charge is -2.45. The second kappa shape index (κ2) is 4.44. The van der Waals surface area contributed by atoms with E-state index in [1.807, 2.05) is 0 Å². The van der Waals surface area contributed by atoms with Crippen LogP contribution in [0.3, 0.4) is 0 Å². The first kappa shape index (κ1) is 14.0. The van der Waals surface area contributed by atoms with Crippen LogP contribution in [0.25, 0.3) is 0 Å². The van der Waals surface area contributed by atoms with Crippen LogP contribution in [0, 0.1) is 0 Å². The van der Waals surface area contributed by atoms with Gasteiger partial charge in [0.1, 0.15) is 0 Å². The number of hydrogen-bond acceptors (Lipinski definition) is 6. The zero-order valence-corrected chi connectivity index (χ0v) is 12.7. The number of amides is 4. The van der Waals surface area contributed by atoms with Crippen molar-refractivity contribution in [3.05, 3.63) is 0 Å². The summed E-state index contributed by atoms with van der Waals surface area (Å²) in [6.45, 7) is 0. The maximum atomic E-state index is 12.0. The van der Waals surface area contributed by atoms with Gasteiger partial charge in [-0.05, 0) is 0 Å². The highest BCUT2D eigenvalue weighted by Crippen LogP contribution is 2.37. The fraction of sp³-hybridized carbons (Fsp3) is 0.833. The van der Waals surface area contributed by atoms with E-state index in [2.05, 4.69) is 0 Å². The van der Waals surface area contributed by atoms with Gasteiger partial charge in [0.2, 0.25) is 12.6 Å². The molecule has 0 bridgehead atoms. The Labute approximate surface area is 127 Å². The van der Waals surface area contributed by atoms with Gasteiger partial charge < -0.3 is 18.9 Å². The van der Waals surface area contributed by atoms with E-state index in [9.17, 15) is 9.59 Å². The minimum absolute atomic E-state index is 0.196. The summed E-state index contributed by atoms with van der Waals surface area (Å²) in [4.78, 5) is 29.7. The van der Waals surface area contributed by atoms with Crippen LogP contribution < -0.4 is 0 Å². The van der Waals surface area contributed by atoms with Crippen molar-refractivity contribution >= 4 is 12.1 Å². The fourth-order valence-electron chi connectivity index (χ4n) is 3.20. The van der Waals surface area contributed by atoms with Crippen molar-refractivity contribution < 1.29 is 28.5 Å².